The first-order valence-corrected chi connectivity index (χ1v) is 12.9. The molecule has 1 aliphatic rings. The summed E-state index contributed by atoms with van der Waals surface area (Å²) in [4.78, 5) is 15.5. The van der Waals surface area contributed by atoms with E-state index in [-0.39, 0.29) is 17.5 Å². The van der Waals surface area contributed by atoms with Crippen molar-refractivity contribution in [2.75, 3.05) is 13.1 Å². The van der Waals surface area contributed by atoms with Gasteiger partial charge in [-0.15, -0.1) is 0 Å². The molecule has 0 amide bonds. The smallest absolute Gasteiger partial charge is 0.167 e. The third-order valence-corrected chi connectivity index (χ3v) is 7.22. The monoisotopic (exact) mass is 505 g/mol. The summed E-state index contributed by atoms with van der Waals surface area (Å²) in [6.45, 7) is 2.35. The fourth-order valence-corrected chi connectivity index (χ4v) is 5.30. The Hall–Kier alpha value is -4.29. The molecule has 3 heterocycles. The van der Waals surface area contributed by atoms with Crippen molar-refractivity contribution in [3.8, 4) is 28.3 Å². The van der Waals surface area contributed by atoms with Gasteiger partial charge in [0.25, 0.3) is 0 Å². The van der Waals surface area contributed by atoms with Gasteiger partial charge in [-0.05, 0) is 66.9 Å². The maximum Gasteiger partial charge on any atom is 0.167 e. The van der Waals surface area contributed by atoms with Gasteiger partial charge in [-0.1, -0.05) is 54.6 Å². The third kappa shape index (κ3) is 4.95. The minimum Gasteiger partial charge on any atom is -0.463 e. The van der Waals surface area contributed by atoms with Crippen LogP contribution in [0.25, 0.3) is 28.3 Å². The Morgan fingerprint density at radius 1 is 0.921 bits per heavy atom. The molecule has 1 unspecified atom stereocenters. The highest BCUT2D eigenvalue weighted by molar-refractivity contribution is 5.98. The van der Waals surface area contributed by atoms with Crippen molar-refractivity contribution in [1.82, 2.24) is 14.7 Å². The number of hydrogen-bond donors (Lipinski definition) is 0. The van der Waals surface area contributed by atoms with Gasteiger partial charge in [-0.3, -0.25) is 9.69 Å². The summed E-state index contributed by atoms with van der Waals surface area (Å²) in [6.07, 6.45) is 5.46. The second-order valence-electron chi connectivity index (χ2n) is 9.77. The number of aromatic nitrogens is 2. The van der Waals surface area contributed by atoms with Crippen molar-refractivity contribution >= 4 is 5.78 Å². The zero-order valence-electron chi connectivity index (χ0n) is 21.0. The molecule has 1 aliphatic heterocycles. The van der Waals surface area contributed by atoms with E-state index in [1.807, 2.05) is 77.6 Å². The third-order valence-electron chi connectivity index (χ3n) is 7.22. The molecular weight excluding hydrogens is 477 g/mol. The van der Waals surface area contributed by atoms with Crippen LogP contribution in [0.5, 0.6) is 0 Å². The van der Waals surface area contributed by atoms with Crippen LogP contribution < -0.4 is 0 Å². The van der Waals surface area contributed by atoms with E-state index >= 15 is 0 Å². The number of likely N-dealkylation sites (tertiary alicyclic amines) is 1. The number of nitrogens with zero attached hydrogens (tertiary/aromatic N) is 3. The SMILES string of the molecule is O=C(c1ccccc1)C1CCCN(Cc2cnn(-c3ccc(-c4ccc(F)cc4)cc3)c2-c2ccco2)C1. The number of benzene rings is 3. The van der Waals surface area contributed by atoms with Crippen molar-refractivity contribution in [3.05, 3.63) is 120 Å². The molecular formula is C32H28FN3O2. The Morgan fingerprint density at radius 3 is 2.37 bits per heavy atom. The fourth-order valence-electron chi connectivity index (χ4n) is 5.30. The van der Waals surface area contributed by atoms with E-state index in [1.54, 1.807) is 18.4 Å². The largest absolute Gasteiger partial charge is 0.463 e. The minimum absolute atomic E-state index is 0.00716. The molecule has 0 saturated carbocycles. The first kappa shape index (κ1) is 24.1. The number of carbonyl (C=O) groups excluding carboxylic acids is 1. The second-order valence-corrected chi connectivity index (χ2v) is 9.77. The van der Waals surface area contributed by atoms with Gasteiger partial charge >= 0.3 is 0 Å². The summed E-state index contributed by atoms with van der Waals surface area (Å²) >= 11 is 0. The summed E-state index contributed by atoms with van der Waals surface area (Å²) in [5.74, 6) is 0.710. The van der Waals surface area contributed by atoms with Crippen molar-refractivity contribution in [3.63, 3.8) is 0 Å². The lowest BCUT2D eigenvalue weighted by molar-refractivity contribution is 0.0811. The molecule has 0 aliphatic carbocycles. The molecule has 0 bridgehead atoms. The lowest BCUT2D eigenvalue weighted by Crippen LogP contribution is -2.38. The lowest BCUT2D eigenvalue weighted by atomic mass is 9.90. The van der Waals surface area contributed by atoms with Gasteiger partial charge in [-0.2, -0.15) is 5.10 Å². The Balaban J connectivity index is 1.26. The first-order valence-electron chi connectivity index (χ1n) is 12.9. The molecule has 6 heteroatoms. The zero-order valence-corrected chi connectivity index (χ0v) is 21.0. The standard InChI is InChI=1S/C32H28FN3O2/c33-28-14-10-23(11-15-28)24-12-16-29(17-13-24)36-31(30-9-5-19-38-30)27(20-34-36)22-35-18-4-8-26(21-35)32(37)25-6-2-1-3-7-25/h1-3,5-7,9-17,19-20,26H,4,8,18,21-22H2. The Morgan fingerprint density at radius 2 is 1.66 bits per heavy atom. The predicted molar refractivity (Wildman–Crippen MR) is 145 cm³/mol. The number of halogens is 1. The van der Waals surface area contributed by atoms with Crippen LogP contribution in [0.3, 0.4) is 0 Å². The van der Waals surface area contributed by atoms with Crippen LogP contribution in [0.4, 0.5) is 4.39 Å². The average Bonchev–Trinajstić information content (AvgIpc) is 3.64. The Labute approximate surface area is 221 Å². The number of rotatable bonds is 7. The molecule has 3 aromatic carbocycles. The van der Waals surface area contributed by atoms with Gasteiger partial charge in [0.1, 0.15) is 11.5 Å². The van der Waals surface area contributed by atoms with E-state index in [9.17, 15) is 9.18 Å². The highest BCUT2D eigenvalue weighted by Crippen LogP contribution is 2.31. The van der Waals surface area contributed by atoms with E-state index in [1.165, 1.54) is 12.1 Å². The molecule has 6 rings (SSSR count). The number of ketones is 1. The van der Waals surface area contributed by atoms with Crippen LogP contribution in [0, 0.1) is 11.7 Å². The minimum atomic E-state index is -0.248. The van der Waals surface area contributed by atoms with Gasteiger partial charge in [-0.25, -0.2) is 9.07 Å². The van der Waals surface area contributed by atoms with Gasteiger partial charge < -0.3 is 4.42 Å². The van der Waals surface area contributed by atoms with Gasteiger partial charge in [0, 0.05) is 30.1 Å². The molecule has 38 heavy (non-hydrogen) atoms. The summed E-state index contributed by atoms with van der Waals surface area (Å²) in [6, 6.07) is 28.0. The number of Topliss-reactive ketones (excluding diaryl/α,β-unsaturated/α-hetero) is 1. The van der Waals surface area contributed by atoms with E-state index in [4.69, 9.17) is 9.52 Å². The summed E-state index contributed by atoms with van der Waals surface area (Å²) in [5.41, 5.74) is 5.60. The highest BCUT2D eigenvalue weighted by Gasteiger charge is 2.28. The lowest BCUT2D eigenvalue weighted by Gasteiger charge is -2.32. The van der Waals surface area contributed by atoms with Crippen LogP contribution in [0.15, 0.2) is 108 Å². The highest BCUT2D eigenvalue weighted by atomic mass is 19.1. The van der Waals surface area contributed by atoms with Crippen LogP contribution >= 0.6 is 0 Å². The zero-order chi connectivity index (χ0) is 25.9. The Bertz CT molecular complexity index is 1510. The van der Waals surface area contributed by atoms with Crippen molar-refractivity contribution < 1.29 is 13.6 Å². The second kappa shape index (κ2) is 10.6. The molecule has 2 aromatic heterocycles. The van der Waals surface area contributed by atoms with Crippen LogP contribution in [0.2, 0.25) is 0 Å². The molecule has 5 nitrogen and oxygen atoms in total. The fraction of sp³-hybridized carbons (Fsp3) is 0.188. The summed E-state index contributed by atoms with van der Waals surface area (Å²) < 4.78 is 21.1. The summed E-state index contributed by atoms with van der Waals surface area (Å²) in [7, 11) is 0. The quantitative estimate of drug-likeness (QED) is 0.223. The number of hydrogen-bond acceptors (Lipinski definition) is 4. The first-order chi connectivity index (χ1) is 18.7. The summed E-state index contributed by atoms with van der Waals surface area (Å²) in [5, 5.41) is 4.74. The molecule has 1 atom stereocenters. The predicted octanol–water partition coefficient (Wildman–Crippen LogP) is 7.03. The topological polar surface area (TPSA) is 51.3 Å². The average molecular weight is 506 g/mol. The van der Waals surface area contributed by atoms with Crippen molar-refractivity contribution in [1.29, 1.82) is 0 Å². The number of piperidine rings is 1. The molecule has 1 saturated heterocycles. The van der Waals surface area contributed by atoms with Gasteiger partial charge in [0.15, 0.2) is 11.5 Å². The molecule has 0 radical (unpaired) electrons. The number of carbonyl (C=O) groups is 1. The van der Waals surface area contributed by atoms with E-state index in [2.05, 4.69) is 4.90 Å². The van der Waals surface area contributed by atoms with E-state index in [0.29, 0.717) is 6.54 Å². The van der Waals surface area contributed by atoms with Gasteiger partial charge in [0.2, 0.25) is 0 Å². The molecule has 1 fully saturated rings. The van der Waals surface area contributed by atoms with Crippen LogP contribution in [0.1, 0.15) is 28.8 Å². The van der Waals surface area contributed by atoms with E-state index < -0.39 is 0 Å². The van der Waals surface area contributed by atoms with Crippen LogP contribution in [-0.2, 0) is 6.54 Å². The maximum absolute atomic E-state index is 13.3. The Kier molecular flexibility index (Phi) is 6.71. The maximum atomic E-state index is 13.3. The number of furan rings is 1. The molecule has 0 spiro atoms. The van der Waals surface area contributed by atoms with E-state index in [0.717, 1.165) is 65.3 Å². The molecule has 0 N–H and O–H groups in total. The van der Waals surface area contributed by atoms with Crippen LogP contribution in [-0.4, -0.2) is 33.6 Å². The normalized spacial score (nSPS) is 16.0. The van der Waals surface area contributed by atoms with Gasteiger partial charge in [0.05, 0.1) is 18.1 Å². The molecule has 190 valence electrons. The molecule has 5 aromatic rings. The van der Waals surface area contributed by atoms with Crippen molar-refractivity contribution in [2.24, 2.45) is 5.92 Å². The van der Waals surface area contributed by atoms with Crippen molar-refractivity contribution in [2.45, 2.75) is 19.4 Å².